The van der Waals surface area contributed by atoms with Crippen LogP contribution in [0, 0.1) is 0 Å². The number of rotatable bonds is 3. The van der Waals surface area contributed by atoms with Gasteiger partial charge in [-0.2, -0.15) is 5.10 Å². The number of aromatic nitrogens is 2. The number of ether oxygens (including phenoxy) is 1. The van der Waals surface area contributed by atoms with Crippen LogP contribution in [-0.2, 0) is 24.2 Å². The van der Waals surface area contributed by atoms with Crippen LogP contribution in [0.3, 0.4) is 0 Å². The first kappa shape index (κ1) is 12.2. The fraction of sp³-hybridized carbons (Fsp3) is 0.400. The van der Waals surface area contributed by atoms with Gasteiger partial charge in [0, 0.05) is 18.4 Å². The Morgan fingerprint density at radius 1 is 1.32 bits per heavy atom. The number of anilines is 1. The van der Waals surface area contributed by atoms with Crippen molar-refractivity contribution < 1.29 is 4.74 Å². The SMILES string of the molecule is COCc1cccc(-n2nc(N)c3c2CCCC3)c1. The molecule has 0 aliphatic heterocycles. The van der Waals surface area contributed by atoms with Gasteiger partial charge in [0.05, 0.1) is 12.3 Å². The van der Waals surface area contributed by atoms with E-state index in [0.29, 0.717) is 12.4 Å². The highest BCUT2D eigenvalue weighted by Gasteiger charge is 2.19. The van der Waals surface area contributed by atoms with E-state index in [9.17, 15) is 0 Å². The molecule has 1 aliphatic carbocycles. The molecule has 4 nitrogen and oxygen atoms in total. The first-order chi connectivity index (χ1) is 9.29. The van der Waals surface area contributed by atoms with Crippen LogP contribution in [0.2, 0.25) is 0 Å². The Bertz CT molecular complexity index is 589. The van der Waals surface area contributed by atoms with Gasteiger partial charge in [0.1, 0.15) is 5.82 Å². The summed E-state index contributed by atoms with van der Waals surface area (Å²) in [5, 5.41) is 4.52. The molecule has 0 fully saturated rings. The van der Waals surface area contributed by atoms with Gasteiger partial charge >= 0.3 is 0 Å². The molecule has 2 aromatic rings. The van der Waals surface area contributed by atoms with Gasteiger partial charge < -0.3 is 10.5 Å². The third kappa shape index (κ3) is 2.24. The molecule has 1 aliphatic rings. The van der Waals surface area contributed by atoms with E-state index in [1.165, 1.54) is 24.1 Å². The lowest BCUT2D eigenvalue weighted by Crippen LogP contribution is -2.08. The summed E-state index contributed by atoms with van der Waals surface area (Å²) in [6.07, 6.45) is 4.55. The molecule has 0 unspecified atom stereocenters. The van der Waals surface area contributed by atoms with E-state index < -0.39 is 0 Å². The fourth-order valence-corrected chi connectivity index (χ4v) is 2.79. The van der Waals surface area contributed by atoms with E-state index >= 15 is 0 Å². The van der Waals surface area contributed by atoms with Crippen molar-refractivity contribution in [1.29, 1.82) is 0 Å². The largest absolute Gasteiger partial charge is 0.382 e. The van der Waals surface area contributed by atoms with E-state index in [2.05, 4.69) is 23.3 Å². The van der Waals surface area contributed by atoms with Gasteiger partial charge in [-0.15, -0.1) is 0 Å². The highest BCUT2D eigenvalue weighted by Crippen LogP contribution is 2.28. The van der Waals surface area contributed by atoms with Gasteiger partial charge in [-0.25, -0.2) is 4.68 Å². The van der Waals surface area contributed by atoms with Crippen LogP contribution in [0.25, 0.3) is 5.69 Å². The molecule has 0 saturated carbocycles. The molecule has 3 rings (SSSR count). The summed E-state index contributed by atoms with van der Waals surface area (Å²) >= 11 is 0. The van der Waals surface area contributed by atoms with Crippen LogP contribution < -0.4 is 5.73 Å². The monoisotopic (exact) mass is 257 g/mol. The van der Waals surface area contributed by atoms with Gasteiger partial charge in [0.25, 0.3) is 0 Å². The summed E-state index contributed by atoms with van der Waals surface area (Å²) in [5.41, 5.74) is 10.8. The maximum atomic E-state index is 6.04. The number of methoxy groups -OCH3 is 1. The summed E-state index contributed by atoms with van der Waals surface area (Å²) in [5.74, 6) is 0.687. The summed E-state index contributed by atoms with van der Waals surface area (Å²) in [6.45, 7) is 0.618. The lowest BCUT2D eigenvalue weighted by atomic mass is 9.97. The molecular weight excluding hydrogens is 238 g/mol. The molecule has 1 heterocycles. The highest BCUT2D eigenvalue weighted by molar-refractivity contribution is 5.48. The second-order valence-electron chi connectivity index (χ2n) is 5.03. The third-order valence-corrected chi connectivity index (χ3v) is 3.68. The van der Waals surface area contributed by atoms with Gasteiger partial charge in [0.2, 0.25) is 0 Å². The fourth-order valence-electron chi connectivity index (χ4n) is 2.79. The normalized spacial score (nSPS) is 14.4. The Morgan fingerprint density at radius 2 is 2.16 bits per heavy atom. The zero-order valence-corrected chi connectivity index (χ0v) is 11.2. The summed E-state index contributed by atoms with van der Waals surface area (Å²) in [7, 11) is 1.71. The van der Waals surface area contributed by atoms with Crippen molar-refractivity contribution >= 4 is 5.82 Å². The number of hydrogen-bond acceptors (Lipinski definition) is 3. The minimum atomic E-state index is 0.618. The Balaban J connectivity index is 2.04. The van der Waals surface area contributed by atoms with E-state index in [1.54, 1.807) is 7.11 Å². The van der Waals surface area contributed by atoms with Gasteiger partial charge in [-0.3, -0.25) is 0 Å². The number of hydrogen-bond donors (Lipinski definition) is 1. The first-order valence-corrected chi connectivity index (χ1v) is 6.74. The van der Waals surface area contributed by atoms with Crippen LogP contribution in [0.15, 0.2) is 24.3 Å². The van der Waals surface area contributed by atoms with Gasteiger partial charge in [0.15, 0.2) is 0 Å². The van der Waals surface area contributed by atoms with Gasteiger partial charge in [-0.05, 0) is 43.4 Å². The number of nitrogen functional groups attached to an aromatic ring is 1. The Labute approximate surface area is 113 Å². The van der Waals surface area contributed by atoms with E-state index in [4.69, 9.17) is 10.5 Å². The predicted molar refractivity (Wildman–Crippen MR) is 75.3 cm³/mol. The average molecular weight is 257 g/mol. The maximum absolute atomic E-state index is 6.04. The summed E-state index contributed by atoms with van der Waals surface area (Å²) < 4.78 is 7.19. The number of benzene rings is 1. The minimum absolute atomic E-state index is 0.618. The third-order valence-electron chi connectivity index (χ3n) is 3.68. The van der Waals surface area contributed by atoms with Crippen molar-refractivity contribution in [2.24, 2.45) is 0 Å². The number of nitrogens with zero attached hydrogens (tertiary/aromatic N) is 2. The predicted octanol–water partition coefficient (Wildman–Crippen LogP) is 2.48. The molecular formula is C15H19N3O. The smallest absolute Gasteiger partial charge is 0.149 e. The molecule has 4 heteroatoms. The first-order valence-electron chi connectivity index (χ1n) is 6.74. The Morgan fingerprint density at radius 3 is 3.00 bits per heavy atom. The topological polar surface area (TPSA) is 53.1 Å². The zero-order valence-electron chi connectivity index (χ0n) is 11.2. The quantitative estimate of drug-likeness (QED) is 0.919. The maximum Gasteiger partial charge on any atom is 0.149 e. The van der Waals surface area contributed by atoms with Crippen molar-refractivity contribution in [1.82, 2.24) is 9.78 Å². The van der Waals surface area contributed by atoms with Crippen LogP contribution in [-0.4, -0.2) is 16.9 Å². The molecule has 0 saturated heterocycles. The van der Waals surface area contributed by atoms with E-state index in [-0.39, 0.29) is 0 Å². The highest BCUT2D eigenvalue weighted by atomic mass is 16.5. The van der Waals surface area contributed by atoms with Crippen molar-refractivity contribution in [2.45, 2.75) is 32.3 Å². The standard InChI is InChI=1S/C15H19N3O/c1-19-10-11-5-4-6-12(9-11)18-14-8-3-2-7-13(14)15(16)17-18/h4-6,9H,2-3,7-8,10H2,1H3,(H2,16,17). The molecule has 1 aromatic carbocycles. The zero-order chi connectivity index (χ0) is 13.2. The van der Waals surface area contributed by atoms with Crippen molar-refractivity contribution in [3.8, 4) is 5.69 Å². The van der Waals surface area contributed by atoms with Crippen LogP contribution in [0.1, 0.15) is 29.7 Å². The number of nitrogens with two attached hydrogens (primary N) is 1. The second-order valence-corrected chi connectivity index (χ2v) is 5.03. The van der Waals surface area contributed by atoms with E-state index in [0.717, 1.165) is 24.1 Å². The molecule has 0 bridgehead atoms. The van der Waals surface area contributed by atoms with Crippen molar-refractivity contribution in [2.75, 3.05) is 12.8 Å². The summed E-state index contributed by atoms with van der Waals surface area (Å²) in [4.78, 5) is 0. The molecule has 0 spiro atoms. The Hall–Kier alpha value is -1.81. The molecule has 0 amide bonds. The second kappa shape index (κ2) is 5.05. The van der Waals surface area contributed by atoms with Crippen LogP contribution in [0.4, 0.5) is 5.82 Å². The van der Waals surface area contributed by atoms with Crippen molar-refractivity contribution in [3.05, 3.63) is 41.1 Å². The Kier molecular flexibility index (Phi) is 3.25. The molecule has 19 heavy (non-hydrogen) atoms. The average Bonchev–Trinajstić information content (AvgIpc) is 2.78. The summed E-state index contributed by atoms with van der Waals surface area (Å²) in [6, 6.07) is 8.29. The molecule has 0 atom stereocenters. The van der Waals surface area contributed by atoms with Gasteiger partial charge in [-0.1, -0.05) is 12.1 Å². The number of fused-ring (bicyclic) bond motifs is 1. The van der Waals surface area contributed by atoms with Crippen molar-refractivity contribution in [3.63, 3.8) is 0 Å². The van der Waals surface area contributed by atoms with E-state index in [1.807, 2.05) is 10.7 Å². The molecule has 0 radical (unpaired) electrons. The lowest BCUT2D eigenvalue weighted by Gasteiger charge is -2.14. The molecule has 2 N–H and O–H groups in total. The minimum Gasteiger partial charge on any atom is -0.382 e. The van der Waals surface area contributed by atoms with Crippen LogP contribution in [0.5, 0.6) is 0 Å². The molecule has 1 aromatic heterocycles. The van der Waals surface area contributed by atoms with Crippen LogP contribution >= 0.6 is 0 Å². The lowest BCUT2D eigenvalue weighted by molar-refractivity contribution is 0.185. The molecule has 100 valence electrons.